The predicted octanol–water partition coefficient (Wildman–Crippen LogP) is 4.63. The first-order chi connectivity index (χ1) is 15.1. The van der Waals surface area contributed by atoms with Crippen molar-refractivity contribution >= 4 is 50.9 Å². The first-order valence-electron chi connectivity index (χ1n) is 9.22. The van der Waals surface area contributed by atoms with E-state index in [1.54, 1.807) is 55.5 Å². The largest absolute Gasteiger partial charge is 0.462 e. The SMILES string of the molecule is [C-]#[N+]C(/N=N/c1ccc2nnc3c(C(=O)OCC)snc3c2c1)C(=O)c1ccccc1. The van der Waals surface area contributed by atoms with Crippen molar-refractivity contribution in [2.45, 2.75) is 13.1 Å². The third-order valence-electron chi connectivity index (χ3n) is 4.32. The number of ether oxygens (including phenoxy) is 1. The maximum Gasteiger partial charge on any atom is 0.395 e. The minimum absolute atomic E-state index is 0.244. The first-order valence-corrected chi connectivity index (χ1v) is 9.99. The number of azo groups is 1. The third-order valence-corrected chi connectivity index (χ3v) is 5.14. The Morgan fingerprint density at radius 1 is 1.16 bits per heavy atom. The average Bonchev–Trinajstić information content (AvgIpc) is 3.25. The molecule has 1 unspecified atom stereocenters. The molecule has 0 aliphatic carbocycles. The molecular formula is C21H14N6O3S. The zero-order valence-corrected chi connectivity index (χ0v) is 17.0. The van der Waals surface area contributed by atoms with Gasteiger partial charge in [-0.05, 0) is 36.7 Å². The molecular weight excluding hydrogens is 416 g/mol. The number of carbonyl (C=O) groups is 2. The van der Waals surface area contributed by atoms with Gasteiger partial charge in [0.15, 0.2) is 4.88 Å². The second kappa shape index (κ2) is 8.73. The van der Waals surface area contributed by atoms with Crippen LogP contribution in [0.2, 0.25) is 0 Å². The molecule has 0 bridgehead atoms. The van der Waals surface area contributed by atoms with Crippen LogP contribution in [0.3, 0.4) is 0 Å². The Morgan fingerprint density at radius 3 is 2.71 bits per heavy atom. The monoisotopic (exact) mass is 430 g/mol. The summed E-state index contributed by atoms with van der Waals surface area (Å²) in [5.41, 5.74) is 2.23. The Morgan fingerprint density at radius 2 is 1.97 bits per heavy atom. The quantitative estimate of drug-likeness (QED) is 0.191. The molecule has 0 saturated carbocycles. The zero-order valence-electron chi connectivity index (χ0n) is 16.2. The normalized spacial score (nSPS) is 12.1. The highest BCUT2D eigenvalue weighted by molar-refractivity contribution is 7.09. The number of ketones is 1. The van der Waals surface area contributed by atoms with Gasteiger partial charge in [-0.2, -0.15) is 4.37 Å². The van der Waals surface area contributed by atoms with Gasteiger partial charge in [-0.3, -0.25) is 9.64 Å². The highest BCUT2D eigenvalue weighted by atomic mass is 32.1. The fraction of sp³-hybridized carbons (Fsp3) is 0.143. The van der Waals surface area contributed by atoms with E-state index >= 15 is 0 Å². The van der Waals surface area contributed by atoms with E-state index in [2.05, 4.69) is 29.6 Å². The lowest BCUT2D eigenvalue weighted by Gasteiger charge is -2.01. The molecule has 9 nitrogen and oxygen atoms in total. The van der Waals surface area contributed by atoms with E-state index in [4.69, 9.17) is 11.3 Å². The highest BCUT2D eigenvalue weighted by Gasteiger charge is 2.24. The number of nitrogens with zero attached hydrogens (tertiary/aromatic N) is 6. The number of Topliss-reactive ketones (excluding diaryl/α,β-unsaturated/α-hetero) is 1. The standard InChI is InChI=1S/C21H14N6O3S/c1-3-30-21(29)19-17-16(27-31-19)14-11-13(9-10-15(14)24-25-17)23-26-20(22-2)18(28)12-7-5-4-6-8-12/h4-11,20H,3H2,1H3/b26-23+. The molecule has 10 heteroatoms. The van der Waals surface area contributed by atoms with Crippen molar-refractivity contribution in [1.82, 2.24) is 14.6 Å². The molecule has 1 atom stereocenters. The maximum absolute atomic E-state index is 12.5. The van der Waals surface area contributed by atoms with Gasteiger partial charge in [0.05, 0.1) is 17.8 Å². The summed E-state index contributed by atoms with van der Waals surface area (Å²) in [5.74, 6) is -0.925. The number of aromatic nitrogens is 3. The molecule has 4 aromatic rings. The Kier molecular flexibility index (Phi) is 5.68. The molecule has 0 saturated heterocycles. The molecule has 4 rings (SSSR count). The molecule has 2 heterocycles. The molecule has 0 radical (unpaired) electrons. The zero-order chi connectivity index (χ0) is 21.8. The summed E-state index contributed by atoms with van der Waals surface area (Å²) in [6.07, 6.45) is -1.27. The van der Waals surface area contributed by atoms with Crippen molar-refractivity contribution in [3.63, 3.8) is 0 Å². The molecule has 0 fully saturated rings. The molecule has 2 aromatic heterocycles. The Hall–Kier alpha value is -4.10. The van der Waals surface area contributed by atoms with Crippen LogP contribution >= 0.6 is 11.5 Å². The van der Waals surface area contributed by atoms with Crippen LogP contribution in [0.5, 0.6) is 0 Å². The van der Waals surface area contributed by atoms with Gasteiger partial charge in [-0.1, -0.05) is 35.4 Å². The van der Waals surface area contributed by atoms with E-state index in [-0.39, 0.29) is 11.5 Å². The van der Waals surface area contributed by atoms with Crippen LogP contribution in [0.4, 0.5) is 5.69 Å². The molecule has 0 aliphatic rings. The van der Waals surface area contributed by atoms with Crippen LogP contribution in [0.25, 0.3) is 26.8 Å². The van der Waals surface area contributed by atoms with Crippen molar-refractivity contribution in [1.29, 1.82) is 0 Å². The van der Waals surface area contributed by atoms with Gasteiger partial charge in [0.1, 0.15) is 11.0 Å². The van der Waals surface area contributed by atoms with Crippen molar-refractivity contribution in [2.75, 3.05) is 6.61 Å². The fourth-order valence-electron chi connectivity index (χ4n) is 2.86. The number of fused-ring (bicyclic) bond motifs is 3. The van der Waals surface area contributed by atoms with Gasteiger partial charge < -0.3 is 4.74 Å². The summed E-state index contributed by atoms with van der Waals surface area (Å²) < 4.78 is 9.37. The van der Waals surface area contributed by atoms with Crippen molar-refractivity contribution < 1.29 is 14.3 Å². The lowest BCUT2D eigenvalue weighted by atomic mass is 10.1. The second-order valence-electron chi connectivity index (χ2n) is 6.28. The fourth-order valence-corrected chi connectivity index (χ4v) is 3.59. The molecule has 2 aromatic carbocycles. The summed E-state index contributed by atoms with van der Waals surface area (Å²) in [6, 6.07) is 13.5. The number of esters is 1. The van der Waals surface area contributed by atoms with Gasteiger partial charge in [0.2, 0.25) is 0 Å². The molecule has 31 heavy (non-hydrogen) atoms. The van der Waals surface area contributed by atoms with Gasteiger partial charge in [-0.15, -0.1) is 15.3 Å². The third kappa shape index (κ3) is 3.99. The molecule has 0 amide bonds. The first kappa shape index (κ1) is 20.2. The summed E-state index contributed by atoms with van der Waals surface area (Å²) in [6.45, 7) is 9.27. The van der Waals surface area contributed by atoms with Crippen LogP contribution in [0.1, 0.15) is 27.0 Å². The summed E-state index contributed by atoms with van der Waals surface area (Å²) in [7, 11) is 0. The van der Waals surface area contributed by atoms with Crippen molar-refractivity contribution in [3.05, 3.63) is 70.4 Å². The minimum atomic E-state index is -1.27. The van der Waals surface area contributed by atoms with Gasteiger partial charge in [-0.25, -0.2) is 11.4 Å². The summed E-state index contributed by atoms with van der Waals surface area (Å²) in [4.78, 5) is 28.1. The smallest absolute Gasteiger partial charge is 0.395 e. The number of rotatable bonds is 6. The number of carbonyl (C=O) groups excluding carboxylic acids is 2. The molecule has 0 N–H and O–H groups in total. The Balaban J connectivity index is 1.68. The Labute approximate surface area is 180 Å². The van der Waals surface area contributed by atoms with Crippen LogP contribution in [-0.4, -0.2) is 39.1 Å². The van der Waals surface area contributed by atoms with Crippen molar-refractivity contribution in [3.8, 4) is 0 Å². The number of hydrogen-bond acceptors (Lipinski definition) is 9. The summed E-state index contributed by atoms with van der Waals surface area (Å²) >= 11 is 0.989. The van der Waals surface area contributed by atoms with Crippen LogP contribution < -0.4 is 0 Å². The lowest BCUT2D eigenvalue weighted by Crippen LogP contribution is -2.13. The molecule has 152 valence electrons. The van der Waals surface area contributed by atoms with Crippen LogP contribution in [0.15, 0.2) is 58.8 Å². The van der Waals surface area contributed by atoms with E-state index in [0.29, 0.717) is 33.2 Å². The van der Waals surface area contributed by atoms with Gasteiger partial charge in [0, 0.05) is 10.9 Å². The summed E-state index contributed by atoms with van der Waals surface area (Å²) in [5, 5.41) is 16.9. The Bertz CT molecular complexity index is 1360. The van der Waals surface area contributed by atoms with E-state index in [1.165, 1.54) is 0 Å². The predicted molar refractivity (Wildman–Crippen MR) is 114 cm³/mol. The maximum atomic E-state index is 12.5. The highest BCUT2D eigenvalue weighted by Crippen LogP contribution is 2.29. The van der Waals surface area contributed by atoms with E-state index in [1.807, 2.05) is 0 Å². The van der Waals surface area contributed by atoms with Crippen LogP contribution in [-0.2, 0) is 4.74 Å². The lowest BCUT2D eigenvalue weighted by molar-refractivity contribution is 0.0533. The average molecular weight is 430 g/mol. The number of hydrogen-bond donors (Lipinski definition) is 0. The number of benzene rings is 2. The topological polar surface area (TPSA) is 111 Å². The van der Waals surface area contributed by atoms with Gasteiger partial charge in [0.25, 0.3) is 5.78 Å². The molecule has 0 aliphatic heterocycles. The van der Waals surface area contributed by atoms with Crippen LogP contribution in [0, 0.1) is 6.57 Å². The van der Waals surface area contributed by atoms with Crippen molar-refractivity contribution in [2.24, 2.45) is 10.2 Å². The van der Waals surface area contributed by atoms with E-state index in [0.717, 1.165) is 11.5 Å². The molecule has 0 spiro atoms. The van der Waals surface area contributed by atoms with Gasteiger partial charge >= 0.3 is 12.1 Å². The second-order valence-corrected chi connectivity index (χ2v) is 7.05. The minimum Gasteiger partial charge on any atom is -0.462 e. The van der Waals surface area contributed by atoms with E-state index < -0.39 is 17.9 Å². The van der Waals surface area contributed by atoms with E-state index in [9.17, 15) is 9.59 Å².